The fourth-order valence-electron chi connectivity index (χ4n) is 2.33. The Morgan fingerprint density at radius 2 is 2.25 bits per heavy atom. The van der Waals surface area contributed by atoms with Crippen molar-refractivity contribution in [1.82, 2.24) is 20.5 Å². The van der Waals surface area contributed by atoms with Gasteiger partial charge in [0.25, 0.3) is 0 Å². The zero-order valence-corrected chi connectivity index (χ0v) is 12.6. The smallest absolute Gasteiger partial charge is 0.245 e. The van der Waals surface area contributed by atoms with E-state index in [9.17, 15) is 4.39 Å². The summed E-state index contributed by atoms with van der Waals surface area (Å²) in [6, 6.07) is 5.08. The lowest BCUT2D eigenvalue weighted by Crippen LogP contribution is -2.49. The van der Waals surface area contributed by atoms with Crippen molar-refractivity contribution in [2.24, 2.45) is 0 Å². The van der Waals surface area contributed by atoms with Crippen LogP contribution >= 0.6 is 15.9 Å². The topological polar surface area (TPSA) is 56.8 Å². The van der Waals surface area contributed by atoms with Crippen LogP contribution in [0, 0.1) is 5.82 Å². The number of nitrogens with zero attached hydrogens (tertiary/aromatic N) is 3. The summed E-state index contributed by atoms with van der Waals surface area (Å²) in [5.41, 5.74) is 0.679. The predicted molar refractivity (Wildman–Crippen MR) is 79.2 cm³/mol. The third kappa shape index (κ3) is 2.83. The van der Waals surface area contributed by atoms with E-state index in [1.165, 1.54) is 12.1 Å². The molecule has 20 heavy (non-hydrogen) atoms. The lowest BCUT2D eigenvalue weighted by atomic mass is 10.2. The highest BCUT2D eigenvalue weighted by Crippen LogP contribution is 2.23. The minimum absolute atomic E-state index is 0.303. The molecule has 3 rings (SSSR count). The predicted octanol–water partition coefficient (Wildman–Crippen LogP) is 2.17. The van der Waals surface area contributed by atoms with E-state index in [0.29, 0.717) is 27.9 Å². The van der Waals surface area contributed by atoms with E-state index in [1.807, 2.05) is 6.07 Å². The average Bonchev–Trinajstić information content (AvgIpc) is 2.87. The van der Waals surface area contributed by atoms with Gasteiger partial charge in [0, 0.05) is 35.7 Å². The number of H-pyrrole nitrogens is 1. The third-order valence-electron chi connectivity index (χ3n) is 3.26. The van der Waals surface area contributed by atoms with E-state index in [4.69, 9.17) is 0 Å². The first-order chi connectivity index (χ1) is 9.61. The molecule has 1 aromatic carbocycles. The van der Waals surface area contributed by atoms with Gasteiger partial charge >= 0.3 is 0 Å². The number of piperazine rings is 1. The molecule has 1 atom stereocenters. The van der Waals surface area contributed by atoms with Crippen molar-refractivity contribution in [2.45, 2.75) is 13.0 Å². The van der Waals surface area contributed by atoms with Crippen LogP contribution in [0.3, 0.4) is 0 Å². The molecule has 2 N–H and O–H groups in total. The maximum absolute atomic E-state index is 13.4. The average molecular weight is 340 g/mol. The van der Waals surface area contributed by atoms with E-state index >= 15 is 0 Å². The standard InChI is InChI=1S/C13H15BrFN5/c1-8-7-20(3-2-16-8)13-17-12(18-19-13)9-4-10(14)6-11(15)5-9/h4-6,8,16H,2-3,7H2,1H3,(H,17,18,19)/t8-/m1/s1. The van der Waals surface area contributed by atoms with Crippen LogP contribution in [0.4, 0.5) is 10.3 Å². The van der Waals surface area contributed by atoms with Crippen molar-refractivity contribution in [3.8, 4) is 11.4 Å². The highest BCUT2D eigenvalue weighted by Gasteiger charge is 2.19. The van der Waals surface area contributed by atoms with Crippen LogP contribution in [0.5, 0.6) is 0 Å². The van der Waals surface area contributed by atoms with Crippen molar-refractivity contribution in [1.29, 1.82) is 0 Å². The molecule has 1 aliphatic rings. The van der Waals surface area contributed by atoms with Gasteiger partial charge in [-0.3, -0.25) is 5.10 Å². The molecule has 2 heterocycles. The van der Waals surface area contributed by atoms with Gasteiger partial charge in [-0.1, -0.05) is 15.9 Å². The summed E-state index contributed by atoms with van der Waals surface area (Å²) >= 11 is 3.28. The monoisotopic (exact) mass is 339 g/mol. The second-order valence-electron chi connectivity index (χ2n) is 4.94. The molecule has 5 nitrogen and oxygen atoms in total. The summed E-state index contributed by atoms with van der Waals surface area (Å²) in [5, 5.41) is 10.5. The highest BCUT2D eigenvalue weighted by molar-refractivity contribution is 9.10. The van der Waals surface area contributed by atoms with Crippen LogP contribution in [0.2, 0.25) is 0 Å². The van der Waals surface area contributed by atoms with Crippen LogP contribution in [0.1, 0.15) is 6.92 Å². The Balaban J connectivity index is 1.86. The van der Waals surface area contributed by atoms with Gasteiger partial charge in [-0.2, -0.15) is 4.98 Å². The lowest BCUT2D eigenvalue weighted by Gasteiger charge is -2.30. The largest absolute Gasteiger partial charge is 0.337 e. The maximum atomic E-state index is 13.4. The Hall–Kier alpha value is -1.47. The van der Waals surface area contributed by atoms with E-state index in [2.05, 4.69) is 48.3 Å². The number of halogens is 2. The summed E-state index contributed by atoms with van der Waals surface area (Å²) in [6.45, 7) is 4.78. The summed E-state index contributed by atoms with van der Waals surface area (Å²) in [7, 11) is 0. The van der Waals surface area contributed by atoms with Gasteiger partial charge < -0.3 is 10.2 Å². The normalized spacial score (nSPS) is 19.4. The van der Waals surface area contributed by atoms with Crippen LogP contribution in [0.15, 0.2) is 22.7 Å². The molecule has 0 bridgehead atoms. The van der Waals surface area contributed by atoms with Gasteiger partial charge in [-0.05, 0) is 25.1 Å². The van der Waals surface area contributed by atoms with Crippen LogP contribution < -0.4 is 10.2 Å². The van der Waals surface area contributed by atoms with Crippen molar-refractivity contribution in [2.75, 3.05) is 24.5 Å². The molecule has 0 aliphatic carbocycles. The Bertz CT molecular complexity index is 594. The summed E-state index contributed by atoms with van der Waals surface area (Å²) < 4.78 is 14.1. The van der Waals surface area contributed by atoms with Crippen LogP contribution in [-0.4, -0.2) is 40.9 Å². The quantitative estimate of drug-likeness (QED) is 0.880. The van der Waals surface area contributed by atoms with Crippen LogP contribution in [0.25, 0.3) is 11.4 Å². The van der Waals surface area contributed by atoms with Crippen molar-refractivity contribution in [3.63, 3.8) is 0 Å². The Morgan fingerprint density at radius 3 is 3.00 bits per heavy atom. The molecule has 7 heteroatoms. The lowest BCUT2D eigenvalue weighted by molar-refractivity contribution is 0.480. The molecule has 1 saturated heterocycles. The number of rotatable bonds is 2. The molecule has 0 unspecified atom stereocenters. The molecule has 1 aromatic heterocycles. The second-order valence-corrected chi connectivity index (χ2v) is 5.86. The first-order valence-electron chi connectivity index (χ1n) is 6.49. The summed E-state index contributed by atoms with van der Waals surface area (Å²) in [4.78, 5) is 6.59. The second kappa shape index (κ2) is 5.49. The molecule has 1 aliphatic heterocycles. The molecule has 0 radical (unpaired) electrons. The minimum atomic E-state index is -0.303. The van der Waals surface area contributed by atoms with Gasteiger partial charge in [0.05, 0.1) is 0 Å². The van der Waals surface area contributed by atoms with E-state index in [0.717, 1.165) is 19.6 Å². The first kappa shape index (κ1) is 13.5. The Kier molecular flexibility index (Phi) is 3.71. The molecular weight excluding hydrogens is 325 g/mol. The summed E-state index contributed by atoms with van der Waals surface area (Å²) in [6.07, 6.45) is 0. The first-order valence-corrected chi connectivity index (χ1v) is 7.28. The number of hydrogen-bond acceptors (Lipinski definition) is 4. The van der Waals surface area contributed by atoms with E-state index in [1.54, 1.807) is 0 Å². The maximum Gasteiger partial charge on any atom is 0.245 e. The number of benzene rings is 1. The number of nitrogens with one attached hydrogen (secondary N) is 2. The van der Waals surface area contributed by atoms with Crippen molar-refractivity contribution in [3.05, 3.63) is 28.5 Å². The fraction of sp³-hybridized carbons (Fsp3) is 0.385. The minimum Gasteiger partial charge on any atom is -0.337 e. The SMILES string of the molecule is C[C@@H]1CN(c2n[nH]c(-c3cc(F)cc(Br)c3)n2)CCN1. The van der Waals surface area contributed by atoms with E-state index in [-0.39, 0.29) is 5.82 Å². The molecule has 2 aromatic rings. The number of hydrogen-bond donors (Lipinski definition) is 2. The zero-order chi connectivity index (χ0) is 14.1. The highest BCUT2D eigenvalue weighted by atomic mass is 79.9. The van der Waals surface area contributed by atoms with E-state index < -0.39 is 0 Å². The van der Waals surface area contributed by atoms with Gasteiger partial charge in [0.15, 0.2) is 5.82 Å². The zero-order valence-electron chi connectivity index (χ0n) is 11.0. The fourth-order valence-corrected chi connectivity index (χ4v) is 2.79. The number of aromatic amines is 1. The van der Waals surface area contributed by atoms with Gasteiger partial charge in [0.2, 0.25) is 5.95 Å². The molecule has 1 fully saturated rings. The van der Waals surface area contributed by atoms with Crippen molar-refractivity contribution < 1.29 is 4.39 Å². The summed E-state index contributed by atoms with van der Waals surface area (Å²) in [5.74, 6) is 0.934. The Labute approximate surface area is 124 Å². The van der Waals surface area contributed by atoms with Crippen molar-refractivity contribution >= 4 is 21.9 Å². The molecule has 0 spiro atoms. The molecule has 0 amide bonds. The molecule has 0 saturated carbocycles. The molecule has 106 valence electrons. The van der Waals surface area contributed by atoms with Crippen LogP contribution in [-0.2, 0) is 0 Å². The molecular formula is C13H15BrFN5. The van der Waals surface area contributed by atoms with Gasteiger partial charge in [-0.25, -0.2) is 4.39 Å². The number of aromatic nitrogens is 3. The number of anilines is 1. The van der Waals surface area contributed by atoms with Gasteiger partial charge in [-0.15, -0.1) is 5.10 Å². The Morgan fingerprint density at radius 1 is 1.40 bits per heavy atom. The van der Waals surface area contributed by atoms with Gasteiger partial charge in [0.1, 0.15) is 5.82 Å². The third-order valence-corrected chi connectivity index (χ3v) is 3.72.